The number of aromatic amines is 1. The molecule has 3 aromatic rings. The van der Waals surface area contributed by atoms with Crippen molar-refractivity contribution in [3.8, 4) is 5.75 Å². The first-order chi connectivity index (χ1) is 12.8. The maximum atomic E-state index is 14.1. The van der Waals surface area contributed by atoms with Crippen LogP contribution < -0.4 is 10.1 Å². The highest BCUT2D eigenvalue weighted by Gasteiger charge is 2.16. The highest BCUT2D eigenvalue weighted by atomic mass is 32.2. The van der Waals surface area contributed by atoms with Crippen molar-refractivity contribution in [2.75, 3.05) is 19.9 Å². The van der Waals surface area contributed by atoms with Crippen LogP contribution in [0.5, 0.6) is 5.75 Å². The van der Waals surface area contributed by atoms with Gasteiger partial charge in [0.05, 0.1) is 7.11 Å². The molecule has 2 N–H and O–H groups in total. The van der Waals surface area contributed by atoms with E-state index in [-0.39, 0.29) is 10.9 Å². The van der Waals surface area contributed by atoms with Crippen molar-refractivity contribution in [1.29, 1.82) is 0 Å². The van der Waals surface area contributed by atoms with Crippen molar-refractivity contribution >= 4 is 20.7 Å². The quantitative estimate of drug-likeness (QED) is 0.646. The van der Waals surface area contributed by atoms with Crippen molar-refractivity contribution < 1.29 is 17.5 Å². The standard InChI is InChI=1S/C20H23FN2O3S/c1-13(14-7-8-19(16(21)11-14)27(3,24)25)22-10-9-15-12-23-17-5-4-6-18(26-2)20(15)17/h4-8,11-13,22-23H,9-10H2,1-3H3. The van der Waals surface area contributed by atoms with Gasteiger partial charge in [-0.15, -0.1) is 0 Å². The third-order valence-corrected chi connectivity index (χ3v) is 5.80. The van der Waals surface area contributed by atoms with E-state index in [4.69, 9.17) is 4.74 Å². The van der Waals surface area contributed by atoms with E-state index >= 15 is 0 Å². The molecular weight excluding hydrogens is 367 g/mol. The summed E-state index contributed by atoms with van der Waals surface area (Å²) in [7, 11) is -1.91. The van der Waals surface area contributed by atoms with E-state index in [1.54, 1.807) is 13.2 Å². The molecule has 1 unspecified atom stereocenters. The number of benzene rings is 2. The molecule has 1 aromatic heterocycles. The number of rotatable bonds is 7. The predicted octanol–water partition coefficient (Wildman–Crippen LogP) is 3.61. The van der Waals surface area contributed by atoms with Gasteiger partial charge < -0.3 is 15.0 Å². The molecule has 1 atom stereocenters. The number of halogens is 1. The topological polar surface area (TPSA) is 71.2 Å². The van der Waals surface area contributed by atoms with Gasteiger partial charge >= 0.3 is 0 Å². The number of methoxy groups -OCH3 is 1. The van der Waals surface area contributed by atoms with Crippen molar-refractivity contribution in [2.45, 2.75) is 24.3 Å². The molecule has 27 heavy (non-hydrogen) atoms. The summed E-state index contributed by atoms with van der Waals surface area (Å²) in [5.74, 6) is 0.111. The van der Waals surface area contributed by atoms with E-state index in [9.17, 15) is 12.8 Å². The zero-order chi connectivity index (χ0) is 19.6. The Bertz CT molecular complexity index is 1060. The molecule has 0 aliphatic heterocycles. The second-order valence-corrected chi connectivity index (χ2v) is 8.57. The first-order valence-corrected chi connectivity index (χ1v) is 10.6. The van der Waals surface area contributed by atoms with Crippen molar-refractivity contribution in [3.63, 3.8) is 0 Å². The largest absolute Gasteiger partial charge is 0.496 e. The van der Waals surface area contributed by atoms with Crippen LogP contribution in [0.25, 0.3) is 10.9 Å². The molecule has 7 heteroatoms. The number of aromatic nitrogens is 1. The molecule has 0 spiro atoms. The predicted molar refractivity (Wildman–Crippen MR) is 104 cm³/mol. The second-order valence-electron chi connectivity index (χ2n) is 6.58. The lowest BCUT2D eigenvalue weighted by molar-refractivity contribution is 0.419. The minimum absolute atomic E-state index is 0.111. The Morgan fingerprint density at radius 3 is 2.70 bits per heavy atom. The van der Waals surface area contributed by atoms with Crippen LogP contribution >= 0.6 is 0 Å². The number of H-pyrrole nitrogens is 1. The molecule has 0 saturated heterocycles. The number of sulfone groups is 1. The highest BCUT2D eigenvalue weighted by molar-refractivity contribution is 7.90. The molecule has 2 aromatic carbocycles. The van der Waals surface area contributed by atoms with Crippen LogP contribution in [0.3, 0.4) is 0 Å². The molecule has 0 amide bonds. The Kier molecular flexibility index (Phi) is 5.53. The van der Waals surface area contributed by atoms with E-state index in [0.717, 1.165) is 34.9 Å². The van der Waals surface area contributed by atoms with Crippen LogP contribution in [0, 0.1) is 5.82 Å². The first-order valence-electron chi connectivity index (χ1n) is 8.67. The Morgan fingerprint density at radius 1 is 1.26 bits per heavy atom. The number of nitrogens with one attached hydrogen (secondary N) is 2. The number of hydrogen-bond acceptors (Lipinski definition) is 4. The average molecular weight is 390 g/mol. The monoisotopic (exact) mass is 390 g/mol. The third kappa shape index (κ3) is 4.14. The van der Waals surface area contributed by atoms with Gasteiger partial charge in [-0.25, -0.2) is 12.8 Å². The summed E-state index contributed by atoms with van der Waals surface area (Å²) in [6.07, 6.45) is 3.75. The summed E-state index contributed by atoms with van der Waals surface area (Å²) in [6.45, 7) is 2.60. The second kappa shape index (κ2) is 7.70. The summed E-state index contributed by atoms with van der Waals surface area (Å²) in [5.41, 5.74) is 2.87. The van der Waals surface area contributed by atoms with E-state index in [1.807, 2.05) is 31.3 Å². The Labute approximate surface area is 158 Å². The molecule has 5 nitrogen and oxygen atoms in total. The smallest absolute Gasteiger partial charge is 0.178 e. The molecule has 0 aliphatic carbocycles. The summed E-state index contributed by atoms with van der Waals surface area (Å²) < 4.78 is 42.6. The normalized spacial score (nSPS) is 13.0. The Morgan fingerprint density at radius 2 is 2.04 bits per heavy atom. The van der Waals surface area contributed by atoms with Crippen molar-refractivity contribution in [3.05, 3.63) is 59.5 Å². The van der Waals surface area contributed by atoms with Gasteiger partial charge in [0.15, 0.2) is 9.84 Å². The van der Waals surface area contributed by atoms with Gasteiger partial charge in [0, 0.05) is 29.4 Å². The lowest BCUT2D eigenvalue weighted by Gasteiger charge is -2.15. The SMILES string of the molecule is COc1cccc2[nH]cc(CCNC(C)c3ccc(S(C)(=O)=O)c(F)c3)c12. The van der Waals surface area contributed by atoms with Crippen LogP contribution in [-0.2, 0) is 16.3 Å². The maximum absolute atomic E-state index is 14.1. The van der Waals surface area contributed by atoms with Crippen LogP contribution in [0.15, 0.2) is 47.5 Å². The number of fused-ring (bicyclic) bond motifs is 1. The van der Waals surface area contributed by atoms with E-state index in [0.29, 0.717) is 12.1 Å². The van der Waals surface area contributed by atoms with Gasteiger partial charge in [-0.1, -0.05) is 12.1 Å². The van der Waals surface area contributed by atoms with Crippen molar-refractivity contribution in [2.24, 2.45) is 0 Å². The highest BCUT2D eigenvalue weighted by Crippen LogP contribution is 2.28. The molecule has 0 saturated carbocycles. The van der Waals surface area contributed by atoms with Gasteiger partial charge in [-0.3, -0.25) is 0 Å². The van der Waals surface area contributed by atoms with Crippen LogP contribution in [0.2, 0.25) is 0 Å². The molecule has 0 fully saturated rings. The minimum atomic E-state index is -3.56. The van der Waals surface area contributed by atoms with E-state index < -0.39 is 15.7 Å². The van der Waals surface area contributed by atoms with Gasteiger partial charge in [0.2, 0.25) is 0 Å². The Balaban J connectivity index is 1.68. The number of hydrogen-bond donors (Lipinski definition) is 2. The fraction of sp³-hybridized carbons (Fsp3) is 0.300. The molecule has 3 rings (SSSR count). The average Bonchev–Trinajstić information content (AvgIpc) is 3.03. The molecule has 0 aliphatic rings. The van der Waals surface area contributed by atoms with Gasteiger partial charge in [-0.05, 0) is 55.3 Å². The summed E-state index contributed by atoms with van der Waals surface area (Å²) >= 11 is 0. The fourth-order valence-electron chi connectivity index (χ4n) is 3.22. The van der Waals surface area contributed by atoms with Crippen LogP contribution in [0.1, 0.15) is 24.1 Å². The fourth-order valence-corrected chi connectivity index (χ4v) is 3.94. The lowest BCUT2D eigenvalue weighted by Crippen LogP contribution is -2.21. The first kappa shape index (κ1) is 19.4. The van der Waals surface area contributed by atoms with Gasteiger partial charge in [0.1, 0.15) is 16.5 Å². The summed E-state index contributed by atoms with van der Waals surface area (Å²) in [4.78, 5) is 2.97. The van der Waals surface area contributed by atoms with Crippen LogP contribution in [0.4, 0.5) is 4.39 Å². The Hall–Kier alpha value is -2.38. The maximum Gasteiger partial charge on any atom is 0.178 e. The van der Waals surface area contributed by atoms with Gasteiger partial charge in [0.25, 0.3) is 0 Å². The van der Waals surface area contributed by atoms with Crippen molar-refractivity contribution in [1.82, 2.24) is 10.3 Å². The third-order valence-electron chi connectivity index (χ3n) is 4.67. The molecular formula is C20H23FN2O3S. The zero-order valence-electron chi connectivity index (χ0n) is 15.5. The van der Waals surface area contributed by atoms with E-state index in [1.165, 1.54) is 12.1 Å². The zero-order valence-corrected chi connectivity index (χ0v) is 16.4. The molecule has 0 bridgehead atoms. The summed E-state index contributed by atoms with van der Waals surface area (Å²) in [5, 5.41) is 4.42. The minimum Gasteiger partial charge on any atom is -0.496 e. The molecule has 0 radical (unpaired) electrons. The summed E-state index contributed by atoms with van der Waals surface area (Å²) in [6, 6.07) is 10.0. The van der Waals surface area contributed by atoms with Gasteiger partial charge in [-0.2, -0.15) is 0 Å². The van der Waals surface area contributed by atoms with E-state index in [2.05, 4.69) is 10.3 Å². The molecule has 1 heterocycles. The number of ether oxygens (including phenoxy) is 1. The molecule has 144 valence electrons. The lowest BCUT2D eigenvalue weighted by atomic mass is 10.1. The van der Waals surface area contributed by atoms with Crippen LogP contribution in [-0.4, -0.2) is 33.3 Å².